The van der Waals surface area contributed by atoms with Crippen molar-refractivity contribution in [2.45, 2.75) is 19.4 Å². The summed E-state index contributed by atoms with van der Waals surface area (Å²) < 4.78 is 0. The molecule has 1 aromatic rings. The van der Waals surface area contributed by atoms with E-state index in [9.17, 15) is 0 Å². The molecule has 1 aliphatic rings. The Bertz CT molecular complexity index is 330. The molecule has 1 atom stereocenters. The number of hydrogen-bond acceptors (Lipinski definition) is 3. The molecule has 0 aromatic heterocycles. The van der Waals surface area contributed by atoms with E-state index in [2.05, 4.69) is 41.4 Å². The Morgan fingerprint density at radius 1 is 1.31 bits per heavy atom. The van der Waals surface area contributed by atoms with Crippen LogP contribution in [0.4, 0.5) is 5.69 Å². The first-order valence-electron chi connectivity index (χ1n) is 6.06. The molecule has 2 rings (SSSR count). The fourth-order valence-corrected chi connectivity index (χ4v) is 2.24. The highest BCUT2D eigenvalue weighted by molar-refractivity contribution is 5.54. The lowest BCUT2D eigenvalue weighted by Gasteiger charge is -2.31. The molecule has 0 aliphatic carbocycles. The van der Waals surface area contributed by atoms with Crippen molar-refractivity contribution < 1.29 is 0 Å². The number of para-hydroxylation sites is 1. The molecule has 88 valence electrons. The molecule has 1 saturated heterocycles. The summed E-state index contributed by atoms with van der Waals surface area (Å²) in [5.74, 6) is 0. The molecule has 3 heteroatoms. The molecular weight excluding hydrogens is 198 g/mol. The standard InChI is InChI=1S/C13H21N3/c1-11(14)10-12-4-2-3-5-13(12)16-8-6-15-7-9-16/h2-5,11,15H,6-10,14H2,1H3. The molecule has 3 N–H and O–H groups in total. The summed E-state index contributed by atoms with van der Waals surface area (Å²) in [6.07, 6.45) is 0.958. The molecular formula is C13H21N3. The molecule has 0 saturated carbocycles. The van der Waals surface area contributed by atoms with Crippen molar-refractivity contribution in [3.05, 3.63) is 29.8 Å². The van der Waals surface area contributed by atoms with Crippen LogP contribution in [0.2, 0.25) is 0 Å². The average Bonchev–Trinajstić information content (AvgIpc) is 2.30. The van der Waals surface area contributed by atoms with Crippen LogP contribution in [0.3, 0.4) is 0 Å². The topological polar surface area (TPSA) is 41.3 Å². The minimum Gasteiger partial charge on any atom is -0.369 e. The lowest BCUT2D eigenvalue weighted by molar-refractivity contribution is 0.586. The van der Waals surface area contributed by atoms with Gasteiger partial charge in [0.25, 0.3) is 0 Å². The monoisotopic (exact) mass is 219 g/mol. The highest BCUT2D eigenvalue weighted by atomic mass is 15.2. The molecule has 1 heterocycles. The van der Waals surface area contributed by atoms with Crippen LogP contribution >= 0.6 is 0 Å². The smallest absolute Gasteiger partial charge is 0.0400 e. The summed E-state index contributed by atoms with van der Waals surface area (Å²) in [4.78, 5) is 2.45. The lowest BCUT2D eigenvalue weighted by atomic mass is 10.0. The molecule has 1 fully saturated rings. The zero-order valence-electron chi connectivity index (χ0n) is 9.95. The van der Waals surface area contributed by atoms with Crippen LogP contribution in [0.15, 0.2) is 24.3 Å². The maximum absolute atomic E-state index is 5.89. The number of anilines is 1. The van der Waals surface area contributed by atoms with Gasteiger partial charge in [-0.15, -0.1) is 0 Å². The third kappa shape index (κ3) is 2.74. The zero-order chi connectivity index (χ0) is 11.4. The van der Waals surface area contributed by atoms with Crippen LogP contribution in [-0.2, 0) is 6.42 Å². The van der Waals surface area contributed by atoms with E-state index in [1.807, 2.05) is 0 Å². The molecule has 0 amide bonds. The van der Waals surface area contributed by atoms with Gasteiger partial charge in [0, 0.05) is 37.9 Å². The van der Waals surface area contributed by atoms with Gasteiger partial charge < -0.3 is 16.0 Å². The highest BCUT2D eigenvalue weighted by Gasteiger charge is 2.13. The normalized spacial score (nSPS) is 18.5. The van der Waals surface area contributed by atoms with Crippen molar-refractivity contribution in [2.75, 3.05) is 31.1 Å². The van der Waals surface area contributed by atoms with Gasteiger partial charge in [-0.3, -0.25) is 0 Å². The average molecular weight is 219 g/mol. The van der Waals surface area contributed by atoms with Crippen LogP contribution < -0.4 is 16.0 Å². The summed E-state index contributed by atoms with van der Waals surface area (Å²) in [7, 11) is 0. The van der Waals surface area contributed by atoms with Gasteiger partial charge in [-0.2, -0.15) is 0 Å². The van der Waals surface area contributed by atoms with E-state index in [0.717, 1.165) is 32.6 Å². The largest absolute Gasteiger partial charge is 0.369 e. The van der Waals surface area contributed by atoms with Gasteiger partial charge in [0.05, 0.1) is 0 Å². The summed E-state index contributed by atoms with van der Waals surface area (Å²) in [6, 6.07) is 8.85. The fourth-order valence-electron chi connectivity index (χ4n) is 2.24. The van der Waals surface area contributed by atoms with Gasteiger partial charge in [0.2, 0.25) is 0 Å². The number of piperazine rings is 1. The molecule has 0 spiro atoms. The fraction of sp³-hybridized carbons (Fsp3) is 0.538. The second kappa shape index (κ2) is 5.32. The van der Waals surface area contributed by atoms with Crippen LogP contribution in [0, 0.1) is 0 Å². The van der Waals surface area contributed by atoms with Crippen molar-refractivity contribution in [3.8, 4) is 0 Å². The Morgan fingerprint density at radius 3 is 2.69 bits per heavy atom. The van der Waals surface area contributed by atoms with Gasteiger partial charge in [0.1, 0.15) is 0 Å². The van der Waals surface area contributed by atoms with Gasteiger partial charge in [-0.1, -0.05) is 18.2 Å². The SMILES string of the molecule is CC(N)Cc1ccccc1N1CCNCC1. The van der Waals surface area contributed by atoms with Gasteiger partial charge in [0.15, 0.2) is 0 Å². The predicted octanol–water partition coefficient (Wildman–Crippen LogP) is 0.986. The Hall–Kier alpha value is -1.06. The van der Waals surface area contributed by atoms with Crippen molar-refractivity contribution in [2.24, 2.45) is 5.73 Å². The molecule has 0 radical (unpaired) electrons. The quantitative estimate of drug-likeness (QED) is 0.796. The summed E-state index contributed by atoms with van der Waals surface area (Å²) >= 11 is 0. The van der Waals surface area contributed by atoms with Gasteiger partial charge in [-0.05, 0) is 25.0 Å². The highest BCUT2D eigenvalue weighted by Crippen LogP contribution is 2.21. The number of nitrogens with zero attached hydrogens (tertiary/aromatic N) is 1. The van der Waals surface area contributed by atoms with Crippen molar-refractivity contribution >= 4 is 5.69 Å². The van der Waals surface area contributed by atoms with E-state index in [-0.39, 0.29) is 6.04 Å². The van der Waals surface area contributed by atoms with Crippen LogP contribution in [0.25, 0.3) is 0 Å². The first-order valence-corrected chi connectivity index (χ1v) is 6.06. The van der Waals surface area contributed by atoms with Crippen LogP contribution in [-0.4, -0.2) is 32.2 Å². The Morgan fingerprint density at radius 2 is 2.00 bits per heavy atom. The van der Waals surface area contributed by atoms with E-state index in [1.165, 1.54) is 11.3 Å². The van der Waals surface area contributed by atoms with Crippen LogP contribution in [0.5, 0.6) is 0 Å². The number of hydrogen-bond donors (Lipinski definition) is 2. The lowest BCUT2D eigenvalue weighted by Crippen LogP contribution is -2.44. The first kappa shape index (κ1) is 11.4. The number of rotatable bonds is 3. The number of benzene rings is 1. The zero-order valence-corrected chi connectivity index (χ0v) is 9.95. The van der Waals surface area contributed by atoms with Gasteiger partial charge >= 0.3 is 0 Å². The maximum atomic E-state index is 5.89. The summed E-state index contributed by atoms with van der Waals surface area (Å²) in [6.45, 7) is 6.40. The van der Waals surface area contributed by atoms with Crippen LogP contribution in [0.1, 0.15) is 12.5 Å². The second-order valence-corrected chi connectivity index (χ2v) is 4.55. The predicted molar refractivity (Wildman–Crippen MR) is 68.9 cm³/mol. The Kier molecular flexibility index (Phi) is 3.80. The van der Waals surface area contributed by atoms with E-state index in [4.69, 9.17) is 5.73 Å². The Balaban J connectivity index is 2.17. The molecule has 0 bridgehead atoms. The number of nitrogens with one attached hydrogen (secondary N) is 1. The Labute approximate surface area is 97.6 Å². The summed E-state index contributed by atoms with van der Waals surface area (Å²) in [5.41, 5.74) is 8.63. The minimum atomic E-state index is 0.226. The van der Waals surface area contributed by atoms with E-state index in [0.29, 0.717) is 0 Å². The molecule has 3 nitrogen and oxygen atoms in total. The van der Waals surface area contributed by atoms with E-state index in [1.54, 1.807) is 0 Å². The van der Waals surface area contributed by atoms with Crippen molar-refractivity contribution in [3.63, 3.8) is 0 Å². The van der Waals surface area contributed by atoms with Crippen molar-refractivity contribution in [1.29, 1.82) is 0 Å². The van der Waals surface area contributed by atoms with Gasteiger partial charge in [-0.25, -0.2) is 0 Å². The maximum Gasteiger partial charge on any atom is 0.0400 e. The second-order valence-electron chi connectivity index (χ2n) is 4.55. The van der Waals surface area contributed by atoms with Crippen molar-refractivity contribution in [1.82, 2.24) is 5.32 Å². The van der Waals surface area contributed by atoms with E-state index >= 15 is 0 Å². The third-order valence-electron chi connectivity index (χ3n) is 2.99. The van der Waals surface area contributed by atoms with E-state index < -0.39 is 0 Å². The number of nitrogens with two attached hydrogens (primary N) is 1. The minimum absolute atomic E-state index is 0.226. The molecule has 16 heavy (non-hydrogen) atoms. The first-order chi connectivity index (χ1) is 7.77. The third-order valence-corrected chi connectivity index (χ3v) is 2.99. The molecule has 1 aromatic carbocycles. The summed E-state index contributed by atoms with van der Waals surface area (Å²) in [5, 5.41) is 3.38. The molecule has 1 aliphatic heterocycles. The molecule has 1 unspecified atom stereocenters.